The van der Waals surface area contributed by atoms with Crippen LogP contribution < -0.4 is 5.73 Å². The zero-order valence-corrected chi connectivity index (χ0v) is 12.1. The summed E-state index contributed by atoms with van der Waals surface area (Å²) in [6, 6.07) is 0. The molecule has 2 nitrogen and oxygen atoms in total. The van der Waals surface area contributed by atoms with Crippen LogP contribution in [0.3, 0.4) is 0 Å². The molecule has 2 heteroatoms. The summed E-state index contributed by atoms with van der Waals surface area (Å²) in [6.07, 6.45) is 6.31. The Morgan fingerprint density at radius 3 is 2.25 bits per heavy atom. The van der Waals surface area contributed by atoms with Crippen LogP contribution in [0, 0.1) is 5.92 Å². The van der Waals surface area contributed by atoms with Gasteiger partial charge in [-0.3, -0.25) is 0 Å². The van der Waals surface area contributed by atoms with Gasteiger partial charge >= 0.3 is 0 Å². The van der Waals surface area contributed by atoms with Gasteiger partial charge in [0.1, 0.15) is 0 Å². The molecule has 2 N–H and O–H groups in total. The third-order valence-electron chi connectivity index (χ3n) is 4.16. The van der Waals surface area contributed by atoms with Crippen LogP contribution in [0.1, 0.15) is 59.8 Å². The van der Waals surface area contributed by atoms with Crippen LogP contribution in [-0.2, 0) is 0 Å². The highest BCUT2D eigenvalue weighted by Gasteiger charge is 2.20. The fourth-order valence-corrected chi connectivity index (χ4v) is 1.98. The largest absolute Gasteiger partial charge is 0.330 e. The molecule has 0 aliphatic heterocycles. The average Bonchev–Trinajstić information content (AvgIpc) is 2.27. The van der Waals surface area contributed by atoms with Crippen molar-refractivity contribution in [3.8, 4) is 0 Å². The fraction of sp³-hybridized carbons (Fsp3) is 1.00. The highest BCUT2D eigenvalue weighted by atomic mass is 15.2. The van der Waals surface area contributed by atoms with E-state index in [1.54, 1.807) is 0 Å². The predicted molar refractivity (Wildman–Crippen MR) is 73.7 cm³/mol. The zero-order chi connectivity index (χ0) is 12.6. The number of hydrogen-bond donors (Lipinski definition) is 1. The Bertz CT molecular complexity index is 166. The maximum Gasteiger partial charge on any atom is 0.0147 e. The van der Waals surface area contributed by atoms with Crippen LogP contribution in [0.4, 0.5) is 0 Å². The fourth-order valence-electron chi connectivity index (χ4n) is 1.98. The van der Waals surface area contributed by atoms with Gasteiger partial charge < -0.3 is 10.6 Å². The molecule has 16 heavy (non-hydrogen) atoms. The van der Waals surface area contributed by atoms with Gasteiger partial charge in [0.2, 0.25) is 0 Å². The first-order valence-corrected chi connectivity index (χ1v) is 6.89. The van der Waals surface area contributed by atoms with Crippen molar-refractivity contribution in [2.75, 3.05) is 20.1 Å². The maximum absolute atomic E-state index is 5.62. The smallest absolute Gasteiger partial charge is 0.0147 e. The van der Waals surface area contributed by atoms with Crippen molar-refractivity contribution in [3.05, 3.63) is 0 Å². The Labute approximate surface area is 103 Å². The molecule has 0 rings (SSSR count). The van der Waals surface area contributed by atoms with Crippen LogP contribution in [0.2, 0.25) is 0 Å². The Morgan fingerprint density at radius 2 is 1.81 bits per heavy atom. The molecule has 0 saturated carbocycles. The van der Waals surface area contributed by atoms with Crippen molar-refractivity contribution in [1.82, 2.24) is 4.90 Å². The quantitative estimate of drug-likeness (QED) is 0.656. The molecule has 0 aliphatic carbocycles. The minimum absolute atomic E-state index is 0.343. The van der Waals surface area contributed by atoms with E-state index in [0.29, 0.717) is 5.54 Å². The molecular weight excluding hydrogens is 196 g/mol. The Morgan fingerprint density at radius 1 is 1.19 bits per heavy atom. The lowest BCUT2D eigenvalue weighted by molar-refractivity contribution is 0.145. The molecular formula is C14H32N2. The topological polar surface area (TPSA) is 29.3 Å². The molecule has 0 aromatic heterocycles. The molecule has 1 atom stereocenters. The van der Waals surface area contributed by atoms with Gasteiger partial charge in [0.15, 0.2) is 0 Å². The first kappa shape index (κ1) is 15.9. The lowest BCUT2D eigenvalue weighted by Gasteiger charge is -2.35. The van der Waals surface area contributed by atoms with Crippen molar-refractivity contribution < 1.29 is 0 Å². The summed E-state index contributed by atoms with van der Waals surface area (Å²) in [5.74, 6) is 0.836. The summed E-state index contributed by atoms with van der Waals surface area (Å²) in [5, 5.41) is 0. The maximum atomic E-state index is 5.62. The molecule has 0 radical (unpaired) electrons. The molecule has 0 bridgehead atoms. The second-order valence-corrected chi connectivity index (χ2v) is 5.58. The summed E-state index contributed by atoms with van der Waals surface area (Å²) >= 11 is 0. The first-order chi connectivity index (χ1) is 7.47. The van der Waals surface area contributed by atoms with Gasteiger partial charge in [-0.15, -0.1) is 0 Å². The zero-order valence-electron chi connectivity index (χ0n) is 12.1. The molecule has 0 fully saturated rings. The predicted octanol–water partition coefficient (Wildman–Crippen LogP) is 3.26. The summed E-state index contributed by atoms with van der Waals surface area (Å²) < 4.78 is 0. The van der Waals surface area contributed by atoms with Crippen molar-refractivity contribution in [2.24, 2.45) is 11.7 Å². The number of nitrogens with zero attached hydrogens (tertiary/aromatic N) is 1. The van der Waals surface area contributed by atoms with Crippen LogP contribution in [0.15, 0.2) is 0 Å². The third kappa shape index (κ3) is 5.86. The van der Waals surface area contributed by atoms with Crippen molar-refractivity contribution in [1.29, 1.82) is 0 Å². The van der Waals surface area contributed by atoms with Gasteiger partial charge in [-0.2, -0.15) is 0 Å². The van der Waals surface area contributed by atoms with Crippen molar-refractivity contribution in [2.45, 2.75) is 65.3 Å². The van der Waals surface area contributed by atoms with E-state index < -0.39 is 0 Å². The standard InChI is InChI=1S/C14H32N2/c1-6-13(10-11-15)9-8-12-16(5)14(3,4)7-2/h13H,6-12,15H2,1-5H3. The number of nitrogens with two attached hydrogens (primary N) is 1. The molecule has 0 spiro atoms. The van der Waals surface area contributed by atoms with Crippen molar-refractivity contribution >= 4 is 0 Å². The van der Waals surface area contributed by atoms with Gasteiger partial charge in [0.25, 0.3) is 0 Å². The van der Waals surface area contributed by atoms with Crippen LogP contribution in [-0.4, -0.2) is 30.6 Å². The second-order valence-electron chi connectivity index (χ2n) is 5.58. The molecule has 0 aromatic carbocycles. The Kier molecular flexibility index (Phi) is 8.04. The van der Waals surface area contributed by atoms with E-state index in [1.165, 1.54) is 38.6 Å². The van der Waals surface area contributed by atoms with Crippen LogP contribution in [0.25, 0.3) is 0 Å². The van der Waals surface area contributed by atoms with Gasteiger partial charge in [-0.25, -0.2) is 0 Å². The minimum atomic E-state index is 0.343. The Hall–Kier alpha value is -0.0800. The lowest BCUT2D eigenvalue weighted by Crippen LogP contribution is -2.41. The van der Waals surface area contributed by atoms with Crippen LogP contribution in [0.5, 0.6) is 0 Å². The van der Waals surface area contributed by atoms with Crippen molar-refractivity contribution in [3.63, 3.8) is 0 Å². The van der Waals surface area contributed by atoms with Gasteiger partial charge in [-0.1, -0.05) is 20.3 Å². The SMILES string of the molecule is CCC(CCN)CCCN(C)C(C)(C)CC. The molecule has 0 aliphatic rings. The molecule has 0 heterocycles. The summed E-state index contributed by atoms with van der Waals surface area (Å²) in [7, 11) is 2.24. The number of rotatable bonds is 9. The molecule has 1 unspecified atom stereocenters. The molecule has 0 aromatic rings. The van der Waals surface area contributed by atoms with Crippen LogP contribution >= 0.6 is 0 Å². The summed E-state index contributed by atoms with van der Waals surface area (Å²) in [4.78, 5) is 2.49. The van der Waals surface area contributed by atoms with E-state index in [1.807, 2.05) is 0 Å². The van der Waals surface area contributed by atoms with Gasteiger partial charge in [0, 0.05) is 5.54 Å². The van der Waals surface area contributed by atoms with E-state index in [9.17, 15) is 0 Å². The van der Waals surface area contributed by atoms with E-state index in [-0.39, 0.29) is 0 Å². The van der Waals surface area contributed by atoms with E-state index in [4.69, 9.17) is 5.73 Å². The lowest BCUT2D eigenvalue weighted by atomic mass is 9.95. The van der Waals surface area contributed by atoms with E-state index in [0.717, 1.165) is 12.5 Å². The first-order valence-electron chi connectivity index (χ1n) is 6.89. The minimum Gasteiger partial charge on any atom is -0.330 e. The molecule has 0 amide bonds. The summed E-state index contributed by atoms with van der Waals surface area (Å²) in [5.41, 5.74) is 5.96. The monoisotopic (exact) mass is 228 g/mol. The highest BCUT2D eigenvalue weighted by Crippen LogP contribution is 2.19. The molecule has 98 valence electrons. The van der Waals surface area contributed by atoms with Gasteiger partial charge in [0.05, 0.1) is 0 Å². The Balaban J connectivity index is 3.79. The average molecular weight is 228 g/mol. The van der Waals surface area contributed by atoms with Gasteiger partial charge in [-0.05, 0) is 65.6 Å². The second kappa shape index (κ2) is 8.08. The molecule has 0 saturated heterocycles. The summed E-state index contributed by atoms with van der Waals surface area (Å²) in [6.45, 7) is 11.2. The number of hydrogen-bond acceptors (Lipinski definition) is 2. The third-order valence-corrected chi connectivity index (χ3v) is 4.16. The highest BCUT2D eigenvalue weighted by molar-refractivity contribution is 4.77. The normalized spacial score (nSPS) is 14.4. The van der Waals surface area contributed by atoms with E-state index in [2.05, 4.69) is 39.6 Å². The van der Waals surface area contributed by atoms with E-state index >= 15 is 0 Å².